The van der Waals surface area contributed by atoms with Gasteiger partial charge in [-0.05, 0) is 82.0 Å². The quantitative estimate of drug-likeness (QED) is 0.732. The highest BCUT2D eigenvalue weighted by atomic mass is 79.9. The number of halogens is 2. The monoisotopic (exact) mass is 360 g/mol. The van der Waals surface area contributed by atoms with Gasteiger partial charge in [0, 0.05) is 0 Å². The molecule has 1 rings (SSSR count). The summed E-state index contributed by atoms with van der Waals surface area (Å²) in [6.07, 6.45) is 1.85. The van der Waals surface area contributed by atoms with E-state index in [1.165, 1.54) is 0 Å². The van der Waals surface area contributed by atoms with E-state index in [2.05, 4.69) is 31.9 Å². The number of rotatable bonds is 4. The molecule has 92 valence electrons. The molecule has 0 aliphatic heterocycles. The zero-order chi connectivity index (χ0) is 13.0. The van der Waals surface area contributed by atoms with Crippen molar-refractivity contribution in [3.05, 3.63) is 32.2 Å². The molecule has 17 heavy (non-hydrogen) atoms. The Balaban J connectivity index is 3.14. The maximum Gasteiger partial charge on any atom is 0.155 e. The molecule has 0 N–H and O–H groups in total. The first-order valence-electron chi connectivity index (χ1n) is 5.26. The summed E-state index contributed by atoms with van der Waals surface area (Å²) in [6, 6.07) is 3.87. The van der Waals surface area contributed by atoms with Crippen molar-refractivity contribution in [1.29, 1.82) is 0 Å². The Bertz CT molecular complexity index is 441. The van der Waals surface area contributed by atoms with Gasteiger partial charge in [0.25, 0.3) is 0 Å². The van der Waals surface area contributed by atoms with E-state index in [9.17, 15) is 4.79 Å². The van der Waals surface area contributed by atoms with E-state index >= 15 is 0 Å². The molecule has 0 amide bonds. The Morgan fingerprint density at radius 2 is 1.82 bits per heavy atom. The van der Waals surface area contributed by atoms with E-state index < -0.39 is 0 Å². The SMILES string of the molecule is CCOc1c(Br)cc(/C=C(/C)C(C)=O)cc1Br. The van der Waals surface area contributed by atoms with E-state index in [0.29, 0.717) is 6.61 Å². The summed E-state index contributed by atoms with van der Waals surface area (Å²) >= 11 is 6.91. The van der Waals surface area contributed by atoms with E-state index in [0.717, 1.165) is 25.8 Å². The number of allylic oxidation sites excluding steroid dienone is 1. The maximum absolute atomic E-state index is 11.2. The molecular weight excluding hydrogens is 348 g/mol. The fourth-order valence-corrected chi connectivity index (χ4v) is 2.75. The highest BCUT2D eigenvalue weighted by molar-refractivity contribution is 9.11. The average molecular weight is 362 g/mol. The van der Waals surface area contributed by atoms with Crippen LogP contribution in [0.4, 0.5) is 0 Å². The number of carbonyl (C=O) groups is 1. The van der Waals surface area contributed by atoms with Gasteiger partial charge in [0.2, 0.25) is 0 Å². The van der Waals surface area contributed by atoms with Crippen molar-refractivity contribution in [2.24, 2.45) is 0 Å². The molecule has 0 heterocycles. The molecule has 1 aromatic carbocycles. The van der Waals surface area contributed by atoms with E-state index in [-0.39, 0.29) is 5.78 Å². The summed E-state index contributed by atoms with van der Waals surface area (Å²) in [5.41, 5.74) is 1.69. The summed E-state index contributed by atoms with van der Waals surface area (Å²) in [6.45, 7) is 5.91. The van der Waals surface area contributed by atoms with Crippen LogP contribution >= 0.6 is 31.9 Å². The third kappa shape index (κ3) is 3.96. The van der Waals surface area contributed by atoms with Crippen molar-refractivity contribution in [3.8, 4) is 5.75 Å². The van der Waals surface area contributed by atoms with Crippen molar-refractivity contribution in [2.45, 2.75) is 20.8 Å². The van der Waals surface area contributed by atoms with Gasteiger partial charge < -0.3 is 4.74 Å². The highest BCUT2D eigenvalue weighted by Crippen LogP contribution is 2.35. The largest absolute Gasteiger partial charge is 0.492 e. The molecule has 4 heteroatoms. The minimum absolute atomic E-state index is 0.0751. The van der Waals surface area contributed by atoms with Crippen molar-refractivity contribution in [3.63, 3.8) is 0 Å². The summed E-state index contributed by atoms with van der Waals surface area (Å²) < 4.78 is 7.24. The fraction of sp³-hybridized carbons (Fsp3) is 0.308. The Hall–Kier alpha value is -0.610. The van der Waals surface area contributed by atoms with E-state index in [4.69, 9.17) is 4.74 Å². The lowest BCUT2D eigenvalue weighted by atomic mass is 10.1. The van der Waals surface area contributed by atoms with Gasteiger partial charge in [0.05, 0.1) is 15.6 Å². The van der Waals surface area contributed by atoms with Crippen LogP contribution in [0.3, 0.4) is 0 Å². The predicted octanol–water partition coefficient (Wildman–Crippen LogP) is 4.60. The minimum Gasteiger partial charge on any atom is -0.492 e. The van der Waals surface area contributed by atoms with Crippen LogP contribution in [-0.2, 0) is 4.79 Å². The first kappa shape index (κ1) is 14.5. The normalized spacial score (nSPS) is 11.5. The first-order valence-corrected chi connectivity index (χ1v) is 6.85. The summed E-state index contributed by atoms with van der Waals surface area (Å²) in [5.74, 6) is 0.858. The lowest BCUT2D eigenvalue weighted by Gasteiger charge is -2.09. The Morgan fingerprint density at radius 3 is 2.24 bits per heavy atom. The van der Waals surface area contributed by atoms with Gasteiger partial charge in [-0.1, -0.05) is 0 Å². The first-order chi connectivity index (χ1) is 7.95. The zero-order valence-corrected chi connectivity index (χ0v) is 13.2. The number of hydrogen-bond donors (Lipinski definition) is 0. The van der Waals surface area contributed by atoms with Crippen LogP contribution in [0.1, 0.15) is 26.3 Å². The second-order valence-electron chi connectivity index (χ2n) is 3.63. The molecule has 0 bridgehead atoms. The van der Waals surface area contributed by atoms with Crippen molar-refractivity contribution in [2.75, 3.05) is 6.61 Å². The number of Topliss-reactive ketones (excluding diaryl/α,β-unsaturated/α-hetero) is 1. The Labute approximate surface area is 118 Å². The molecule has 0 spiro atoms. The second kappa shape index (κ2) is 6.36. The molecule has 1 aromatic rings. The smallest absolute Gasteiger partial charge is 0.155 e. The number of carbonyl (C=O) groups excluding carboxylic acids is 1. The fourth-order valence-electron chi connectivity index (χ4n) is 1.30. The van der Waals surface area contributed by atoms with Gasteiger partial charge in [-0.2, -0.15) is 0 Å². The molecule has 0 radical (unpaired) electrons. The van der Waals surface area contributed by atoms with Crippen molar-refractivity contribution in [1.82, 2.24) is 0 Å². The van der Waals surface area contributed by atoms with Gasteiger partial charge >= 0.3 is 0 Å². The van der Waals surface area contributed by atoms with Crippen LogP contribution in [0.5, 0.6) is 5.75 Å². The molecule has 0 aromatic heterocycles. The summed E-state index contributed by atoms with van der Waals surface area (Å²) in [7, 11) is 0. The zero-order valence-electron chi connectivity index (χ0n) is 10.0. The molecule has 0 unspecified atom stereocenters. The molecule has 0 saturated carbocycles. The van der Waals surface area contributed by atoms with Gasteiger partial charge in [-0.15, -0.1) is 0 Å². The summed E-state index contributed by atoms with van der Waals surface area (Å²) in [5, 5.41) is 0. The van der Waals surface area contributed by atoms with E-state index in [1.807, 2.05) is 25.1 Å². The van der Waals surface area contributed by atoms with Crippen LogP contribution in [0.25, 0.3) is 6.08 Å². The average Bonchev–Trinajstić information content (AvgIpc) is 2.23. The third-order valence-corrected chi connectivity index (χ3v) is 3.43. The van der Waals surface area contributed by atoms with E-state index in [1.54, 1.807) is 13.8 Å². The third-order valence-electron chi connectivity index (χ3n) is 2.25. The molecule has 0 aliphatic rings. The van der Waals surface area contributed by atoms with Crippen LogP contribution < -0.4 is 4.74 Å². The highest BCUT2D eigenvalue weighted by Gasteiger charge is 2.08. The number of hydrogen-bond acceptors (Lipinski definition) is 2. The molecule has 0 aliphatic carbocycles. The lowest BCUT2D eigenvalue weighted by Crippen LogP contribution is -1.95. The number of ether oxygens (including phenoxy) is 1. The van der Waals surface area contributed by atoms with Gasteiger partial charge in [0.15, 0.2) is 5.78 Å². The van der Waals surface area contributed by atoms with Crippen molar-refractivity contribution < 1.29 is 9.53 Å². The Morgan fingerprint density at radius 1 is 1.29 bits per heavy atom. The second-order valence-corrected chi connectivity index (χ2v) is 5.34. The molecule has 0 atom stereocenters. The van der Waals surface area contributed by atoms with Crippen LogP contribution in [0.15, 0.2) is 26.7 Å². The van der Waals surface area contributed by atoms with Gasteiger partial charge in [0.1, 0.15) is 5.75 Å². The van der Waals surface area contributed by atoms with Gasteiger partial charge in [-0.25, -0.2) is 0 Å². The maximum atomic E-state index is 11.2. The number of ketones is 1. The van der Waals surface area contributed by atoms with Gasteiger partial charge in [-0.3, -0.25) is 4.79 Å². The Kier molecular flexibility index (Phi) is 5.40. The standard InChI is InChI=1S/C13H14Br2O2/c1-4-17-13-11(14)6-10(7-12(13)15)5-8(2)9(3)16/h5-7H,4H2,1-3H3/b8-5-. The summed E-state index contributed by atoms with van der Waals surface area (Å²) in [4.78, 5) is 11.2. The van der Waals surface area contributed by atoms with Crippen LogP contribution in [-0.4, -0.2) is 12.4 Å². The van der Waals surface area contributed by atoms with Crippen LogP contribution in [0.2, 0.25) is 0 Å². The predicted molar refractivity (Wildman–Crippen MR) is 77.3 cm³/mol. The molecule has 2 nitrogen and oxygen atoms in total. The van der Waals surface area contributed by atoms with Crippen molar-refractivity contribution >= 4 is 43.7 Å². The molecule has 0 fully saturated rings. The minimum atomic E-state index is 0.0751. The topological polar surface area (TPSA) is 26.3 Å². The number of benzene rings is 1. The molecular formula is C13H14Br2O2. The lowest BCUT2D eigenvalue weighted by molar-refractivity contribution is -0.113. The van der Waals surface area contributed by atoms with Crippen LogP contribution in [0, 0.1) is 0 Å². The molecule has 0 saturated heterocycles.